The number of aliphatic hydroxyl groups excluding tert-OH is 1. The van der Waals surface area contributed by atoms with E-state index in [0.29, 0.717) is 18.3 Å². The van der Waals surface area contributed by atoms with E-state index in [9.17, 15) is 4.79 Å². The molecule has 0 aromatic carbocycles. The molecule has 9 heteroatoms. The number of nitrogens with two attached hydrogens (primary N) is 2. The molecule has 0 radical (unpaired) electrons. The number of carbonyl (C=O) groups excluding carboxylic acids is 1. The van der Waals surface area contributed by atoms with Crippen molar-refractivity contribution in [1.29, 1.82) is 0 Å². The molecule has 0 spiro atoms. The minimum absolute atomic E-state index is 0.177. The first-order valence-corrected chi connectivity index (χ1v) is 6.74. The molecule has 1 fully saturated rings. The highest BCUT2D eigenvalue weighted by molar-refractivity contribution is 7.98. The van der Waals surface area contributed by atoms with Crippen molar-refractivity contribution in [3.05, 3.63) is 11.7 Å². The van der Waals surface area contributed by atoms with Crippen molar-refractivity contribution in [2.24, 2.45) is 11.5 Å². The van der Waals surface area contributed by atoms with Crippen LogP contribution in [0.25, 0.3) is 0 Å². The van der Waals surface area contributed by atoms with Crippen LogP contribution >= 0.6 is 11.9 Å². The normalized spacial score (nSPS) is 15.5. The van der Waals surface area contributed by atoms with E-state index in [1.54, 1.807) is 11.9 Å². The second-order valence-electron chi connectivity index (χ2n) is 4.08. The van der Waals surface area contributed by atoms with E-state index in [-0.39, 0.29) is 12.5 Å². The summed E-state index contributed by atoms with van der Waals surface area (Å²) in [4.78, 5) is 13.3. The summed E-state index contributed by atoms with van der Waals surface area (Å²) in [6.45, 7) is 1.66. The lowest BCUT2D eigenvalue weighted by Gasteiger charge is -1.99. The zero-order valence-electron chi connectivity index (χ0n) is 10.7. The van der Waals surface area contributed by atoms with Gasteiger partial charge in [0.05, 0.1) is 19.2 Å². The molecule has 1 unspecified atom stereocenters. The zero-order valence-corrected chi connectivity index (χ0v) is 11.5. The molecule has 108 valence electrons. The van der Waals surface area contributed by atoms with E-state index in [0.717, 1.165) is 5.25 Å². The first kappa shape index (κ1) is 15.9. The smallest absolute Gasteiger partial charge is 0.241 e. The summed E-state index contributed by atoms with van der Waals surface area (Å²) < 4.78 is 8.11. The molecule has 1 aliphatic carbocycles. The Morgan fingerprint density at radius 3 is 2.84 bits per heavy atom. The van der Waals surface area contributed by atoms with Gasteiger partial charge in [-0.05, 0) is 12.8 Å². The van der Waals surface area contributed by atoms with Crippen LogP contribution in [0, 0.1) is 0 Å². The van der Waals surface area contributed by atoms with E-state index in [1.165, 1.54) is 19.8 Å². The van der Waals surface area contributed by atoms with Gasteiger partial charge in [-0.25, -0.2) is 0 Å². The average molecular weight is 289 g/mol. The van der Waals surface area contributed by atoms with Gasteiger partial charge in [-0.2, -0.15) is 4.98 Å². The second-order valence-corrected chi connectivity index (χ2v) is 5.28. The van der Waals surface area contributed by atoms with Crippen molar-refractivity contribution < 1.29 is 14.4 Å². The van der Waals surface area contributed by atoms with Gasteiger partial charge in [-0.3, -0.25) is 9.52 Å². The fourth-order valence-electron chi connectivity index (χ4n) is 0.979. The Morgan fingerprint density at radius 2 is 2.32 bits per heavy atom. The van der Waals surface area contributed by atoms with Gasteiger partial charge in [0, 0.05) is 12.2 Å². The molecule has 19 heavy (non-hydrogen) atoms. The summed E-state index contributed by atoms with van der Waals surface area (Å²) in [5.74, 6) is 0.521. The monoisotopic (exact) mass is 289 g/mol. The number of nitrogens with zero attached hydrogens (tertiary/aromatic N) is 2. The van der Waals surface area contributed by atoms with E-state index >= 15 is 0 Å². The third-order valence-electron chi connectivity index (χ3n) is 2.01. The van der Waals surface area contributed by atoms with Crippen LogP contribution in [0.5, 0.6) is 0 Å². The highest BCUT2D eigenvalue weighted by atomic mass is 32.2. The summed E-state index contributed by atoms with van der Waals surface area (Å²) in [7, 11) is 0. The maximum Gasteiger partial charge on any atom is 0.241 e. The summed E-state index contributed by atoms with van der Waals surface area (Å²) in [5, 5.41) is 13.2. The number of hydrogen-bond acceptors (Lipinski definition) is 8. The Kier molecular flexibility index (Phi) is 6.78. The number of aromatic nitrogens is 2. The summed E-state index contributed by atoms with van der Waals surface area (Å²) in [6, 6.07) is -0.557. The van der Waals surface area contributed by atoms with Crippen LogP contribution in [0.1, 0.15) is 37.5 Å². The second kappa shape index (κ2) is 8.10. The molecular weight excluding hydrogens is 270 g/mol. The number of carbonyl (C=O) groups is 1. The number of nitrogens with one attached hydrogen (secondary N) is 1. The molecule has 6 N–H and O–H groups in total. The molecule has 1 amide bonds. The van der Waals surface area contributed by atoms with Crippen molar-refractivity contribution in [1.82, 2.24) is 14.9 Å². The number of primary amides is 1. The zero-order chi connectivity index (χ0) is 14.3. The molecule has 0 aliphatic heterocycles. The average Bonchev–Trinajstić information content (AvgIpc) is 3.04. The molecular formula is C10H19N5O3S. The van der Waals surface area contributed by atoms with E-state index < -0.39 is 6.04 Å². The minimum atomic E-state index is -0.557. The lowest BCUT2D eigenvalue weighted by atomic mass is 10.3. The Labute approximate surface area is 115 Å². The number of amides is 1. The van der Waals surface area contributed by atoms with Crippen molar-refractivity contribution in [2.75, 3.05) is 6.61 Å². The first-order chi connectivity index (χ1) is 9.02. The van der Waals surface area contributed by atoms with Gasteiger partial charge in [0.15, 0.2) is 5.82 Å². The van der Waals surface area contributed by atoms with Crippen LogP contribution in [-0.4, -0.2) is 33.0 Å². The Balaban J connectivity index is 0.000000399. The Hall–Kier alpha value is -1.16. The SMILES string of the molecule is CC(N)=O.NC(CO)c1noc(CNSC2CC2)n1. The topological polar surface area (TPSA) is 140 Å². The van der Waals surface area contributed by atoms with Crippen molar-refractivity contribution in [3.8, 4) is 0 Å². The number of hydrogen-bond donors (Lipinski definition) is 4. The van der Waals surface area contributed by atoms with Crippen LogP contribution in [0.15, 0.2) is 4.52 Å². The molecule has 1 saturated carbocycles. The van der Waals surface area contributed by atoms with Gasteiger partial charge in [0.25, 0.3) is 0 Å². The molecule has 0 saturated heterocycles. The van der Waals surface area contributed by atoms with E-state index in [4.69, 9.17) is 15.4 Å². The minimum Gasteiger partial charge on any atom is -0.394 e. The predicted molar refractivity (Wildman–Crippen MR) is 70.6 cm³/mol. The van der Waals surface area contributed by atoms with Crippen molar-refractivity contribution in [2.45, 2.75) is 37.6 Å². The molecule has 1 aromatic heterocycles. The van der Waals surface area contributed by atoms with Gasteiger partial charge in [-0.15, -0.1) is 0 Å². The molecule has 8 nitrogen and oxygen atoms in total. The molecule has 1 aromatic rings. The van der Waals surface area contributed by atoms with Gasteiger partial charge in [-0.1, -0.05) is 17.1 Å². The lowest BCUT2D eigenvalue weighted by molar-refractivity contribution is -0.115. The van der Waals surface area contributed by atoms with Crippen LogP contribution in [0.3, 0.4) is 0 Å². The molecule has 2 rings (SSSR count). The molecule has 0 bridgehead atoms. The number of aliphatic hydroxyl groups is 1. The van der Waals surface area contributed by atoms with Crippen LogP contribution in [0.2, 0.25) is 0 Å². The van der Waals surface area contributed by atoms with E-state index in [1.807, 2.05) is 0 Å². The standard InChI is InChI=1S/C8H14N4O2S.C2H5NO/c9-6(4-13)8-11-7(14-12-8)3-10-15-5-1-2-5;1-2(3)4/h5-6,10,13H,1-4,9H2;1H3,(H2,3,4). The third-order valence-corrected chi connectivity index (χ3v) is 3.13. The maximum atomic E-state index is 9.22. The summed E-state index contributed by atoms with van der Waals surface area (Å²) in [6.07, 6.45) is 2.56. The van der Waals surface area contributed by atoms with Gasteiger partial charge < -0.3 is 21.1 Å². The fourth-order valence-corrected chi connectivity index (χ4v) is 1.79. The highest BCUT2D eigenvalue weighted by Crippen LogP contribution is 2.31. The van der Waals surface area contributed by atoms with Gasteiger partial charge >= 0.3 is 0 Å². The predicted octanol–water partition coefficient (Wildman–Crippen LogP) is -0.546. The fraction of sp³-hybridized carbons (Fsp3) is 0.700. The quantitative estimate of drug-likeness (QED) is 0.511. The third kappa shape index (κ3) is 7.11. The lowest BCUT2D eigenvalue weighted by Crippen LogP contribution is -2.16. The van der Waals surface area contributed by atoms with E-state index in [2.05, 4.69) is 20.6 Å². The van der Waals surface area contributed by atoms with Crippen LogP contribution in [0.4, 0.5) is 0 Å². The van der Waals surface area contributed by atoms with Crippen molar-refractivity contribution >= 4 is 17.9 Å². The number of rotatable bonds is 6. The van der Waals surface area contributed by atoms with Crippen LogP contribution < -0.4 is 16.2 Å². The highest BCUT2D eigenvalue weighted by Gasteiger charge is 2.22. The first-order valence-electron chi connectivity index (χ1n) is 5.86. The van der Waals surface area contributed by atoms with Gasteiger partial charge in [0.1, 0.15) is 0 Å². The van der Waals surface area contributed by atoms with Crippen LogP contribution in [-0.2, 0) is 11.3 Å². The largest absolute Gasteiger partial charge is 0.394 e. The summed E-state index contributed by atoms with van der Waals surface area (Å²) >= 11 is 1.70. The Morgan fingerprint density at radius 1 is 1.68 bits per heavy atom. The summed E-state index contributed by atoms with van der Waals surface area (Å²) in [5.41, 5.74) is 10.0. The molecule has 1 heterocycles. The van der Waals surface area contributed by atoms with Gasteiger partial charge in [0.2, 0.25) is 11.8 Å². The molecule has 1 atom stereocenters. The van der Waals surface area contributed by atoms with Crippen molar-refractivity contribution in [3.63, 3.8) is 0 Å². The maximum absolute atomic E-state index is 9.22. The Bertz CT molecular complexity index is 392. The molecule has 1 aliphatic rings.